The molecule has 4 nitrogen and oxygen atoms in total. The summed E-state index contributed by atoms with van der Waals surface area (Å²) in [5.74, 6) is 0. The van der Waals surface area contributed by atoms with Gasteiger partial charge < -0.3 is 20.1 Å². The first-order valence-corrected chi connectivity index (χ1v) is 2.77. The number of rotatable bonds is 2. The Kier molecular flexibility index (Phi) is 13.9. The lowest BCUT2D eigenvalue weighted by atomic mass is 10.9. The Labute approximate surface area is 54.7 Å². The molecule has 0 unspecified atom stereocenters. The van der Waals surface area contributed by atoms with Crippen LogP contribution in [0, 0.1) is 0 Å². The maximum atomic E-state index is 7.89. The van der Waals surface area contributed by atoms with Crippen LogP contribution in [0.5, 0.6) is 0 Å². The Hall–Kier alpha value is -0.160. The Morgan fingerprint density at radius 2 is 1.67 bits per heavy atom. The second-order valence-electron chi connectivity index (χ2n) is 1.10. The molecule has 0 amide bonds. The quantitative estimate of drug-likeness (QED) is 0.441. The molecule has 0 atom stereocenters. The van der Waals surface area contributed by atoms with Crippen molar-refractivity contribution in [2.75, 3.05) is 13.2 Å². The molecule has 0 aliphatic rings. The largest absolute Gasteiger partial charge is 0.397 e. The van der Waals surface area contributed by atoms with Gasteiger partial charge in [0.1, 0.15) is 0 Å². The number of hydrogen-bond acceptors (Lipinski definition) is 4. The van der Waals surface area contributed by atoms with Crippen LogP contribution in [-0.2, 0) is 4.74 Å². The molecule has 58 valence electrons. The summed E-state index contributed by atoms with van der Waals surface area (Å²) in [5.41, 5.74) is 0. The third kappa shape index (κ3) is 33.2. The van der Waals surface area contributed by atoms with Crippen molar-refractivity contribution in [2.24, 2.45) is 0 Å². The van der Waals surface area contributed by atoms with E-state index in [0.717, 1.165) is 0 Å². The molecule has 0 radical (unpaired) electrons. The molecule has 0 aromatic rings. The third-order valence-electron chi connectivity index (χ3n) is 0.316. The molecule has 0 spiro atoms. The van der Waals surface area contributed by atoms with Crippen LogP contribution in [0.2, 0.25) is 0 Å². The van der Waals surface area contributed by atoms with Gasteiger partial charge in [0, 0.05) is 13.2 Å². The second kappa shape index (κ2) is 10.8. The summed E-state index contributed by atoms with van der Waals surface area (Å²) >= 11 is 0. The van der Waals surface area contributed by atoms with E-state index in [2.05, 4.69) is 4.74 Å². The van der Waals surface area contributed by atoms with Crippen LogP contribution >= 0.6 is 0 Å². The summed E-state index contributed by atoms with van der Waals surface area (Å²) in [7, 11) is 0. The molecule has 0 saturated carbocycles. The normalized spacial score (nSPS) is 8.67. The molecule has 0 aliphatic heterocycles. The van der Waals surface area contributed by atoms with E-state index in [-0.39, 0.29) is 6.61 Å². The van der Waals surface area contributed by atoms with Gasteiger partial charge in [0.05, 0.1) is 0 Å². The summed E-state index contributed by atoms with van der Waals surface area (Å²) in [4.78, 5) is 0. The van der Waals surface area contributed by atoms with E-state index in [1.54, 1.807) is 13.8 Å². The summed E-state index contributed by atoms with van der Waals surface area (Å²) < 4.78 is 4.15. The first-order valence-electron chi connectivity index (χ1n) is 2.77. The molecule has 0 bridgehead atoms. The zero-order valence-corrected chi connectivity index (χ0v) is 5.74. The highest BCUT2D eigenvalue weighted by Gasteiger charge is 1.87. The number of aliphatic hydroxyl groups is 3. The fourth-order valence-corrected chi connectivity index (χ4v) is 0.149. The Balaban J connectivity index is 0. The van der Waals surface area contributed by atoms with Gasteiger partial charge in [-0.15, -0.1) is 0 Å². The van der Waals surface area contributed by atoms with Crippen molar-refractivity contribution >= 4 is 0 Å². The molecule has 0 fully saturated rings. The predicted octanol–water partition coefficient (Wildman–Crippen LogP) is -0.710. The summed E-state index contributed by atoms with van der Waals surface area (Å²) in [5, 5.41) is 23.3. The highest BCUT2D eigenvalue weighted by Crippen LogP contribution is 1.74. The van der Waals surface area contributed by atoms with Gasteiger partial charge in [-0.1, -0.05) is 0 Å². The van der Waals surface area contributed by atoms with Gasteiger partial charge in [-0.3, -0.25) is 0 Å². The zero-order valence-electron chi connectivity index (χ0n) is 5.74. The average molecular weight is 138 g/mol. The van der Waals surface area contributed by atoms with Gasteiger partial charge in [-0.2, -0.15) is 0 Å². The molecule has 0 rings (SSSR count). The molecule has 4 heteroatoms. The third-order valence-corrected chi connectivity index (χ3v) is 0.316. The predicted molar refractivity (Wildman–Crippen MR) is 32.6 cm³/mol. The monoisotopic (exact) mass is 138 g/mol. The molecular weight excluding hydrogens is 124 g/mol. The minimum atomic E-state index is -1.60. The first kappa shape index (κ1) is 11.6. The molecule has 0 aliphatic carbocycles. The smallest absolute Gasteiger partial charge is 0.266 e. The fourth-order valence-electron chi connectivity index (χ4n) is 0.149. The van der Waals surface area contributed by atoms with Crippen molar-refractivity contribution in [3.8, 4) is 0 Å². The van der Waals surface area contributed by atoms with E-state index in [1.807, 2.05) is 0 Å². The standard InChI is InChI=1S/C3H8O3.C2H6O/c1-2-6-3(4)5;1-2-3/h3-5H,2H2,1H3;3H,2H2,1H3. The Bertz CT molecular complexity index is 37.9. The fraction of sp³-hybridized carbons (Fsp3) is 1.00. The molecule has 0 saturated heterocycles. The lowest BCUT2D eigenvalue weighted by Crippen LogP contribution is -2.08. The van der Waals surface area contributed by atoms with Crippen LogP contribution in [0.25, 0.3) is 0 Å². The first-order chi connectivity index (χ1) is 4.18. The Morgan fingerprint density at radius 1 is 1.33 bits per heavy atom. The van der Waals surface area contributed by atoms with Crippen LogP contribution in [0.15, 0.2) is 0 Å². The molecule has 0 aromatic heterocycles. The zero-order chi connectivity index (χ0) is 7.70. The highest BCUT2D eigenvalue weighted by atomic mass is 16.7. The number of hydrogen-bond donors (Lipinski definition) is 3. The van der Waals surface area contributed by atoms with Gasteiger partial charge in [0.2, 0.25) is 0 Å². The van der Waals surface area contributed by atoms with Crippen LogP contribution in [0.4, 0.5) is 0 Å². The number of ether oxygens (including phenoxy) is 1. The van der Waals surface area contributed by atoms with E-state index in [9.17, 15) is 0 Å². The van der Waals surface area contributed by atoms with Crippen molar-refractivity contribution in [1.82, 2.24) is 0 Å². The molecule has 9 heavy (non-hydrogen) atoms. The topological polar surface area (TPSA) is 69.9 Å². The SMILES string of the molecule is CCO.CCOC(O)O. The van der Waals surface area contributed by atoms with Crippen LogP contribution in [-0.4, -0.2) is 35.0 Å². The van der Waals surface area contributed by atoms with Crippen molar-refractivity contribution in [2.45, 2.75) is 20.3 Å². The van der Waals surface area contributed by atoms with Gasteiger partial charge in [0.25, 0.3) is 6.48 Å². The minimum absolute atomic E-state index is 0.250. The summed E-state index contributed by atoms with van der Waals surface area (Å²) in [6.07, 6.45) is 0. The van der Waals surface area contributed by atoms with E-state index >= 15 is 0 Å². The van der Waals surface area contributed by atoms with Crippen LogP contribution in [0.3, 0.4) is 0 Å². The van der Waals surface area contributed by atoms with Crippen LogP contribution < -0.4 is 0 Å². The maximum absolute atomic E-state index is 7.89. The van der Waals surface area contributed by atoms with E-state index in [1.165, 1.54) is 0 Å². The van der Waals surface area contributed by atoms with E-state index in [4.69, 9.17) is 15.3 Å². The van der Waals surface area contributed by atoms with Crippen molar-refractivity contribution < 1.29 is 20.1 Å². The second-order valence-corrected chi connectivity index (χ2v) is 1.10. The Morgan fingerprint density at radius 3 is 1.67 bits per heavy atom. The molecular formula is C5H14O4. The maximum Gasteiger partial charge on any atom is 0.266 e. The molecule has 0 aromatic carbocycles. The van der Waals surface area contributed by atoms with Crippen molar-refractivity contribution in [3.63, 3.8) is 0 Å². The lowest BCUT2D eigenvalue weighted by Gasteiger charge is -1.98. The van der Waals surface area contributed by atoms with Gasteiger partial charge >= 0.3 is 0 Å². The summed E-state index contributed by atoms with van der Waals surface area (Å²) in [6, 6.07) is 0. The van der Waals surface area contributed by atoms with Crippen molar-refractivity contribution in [1.29, 1.82) is 0 Å². The highest BCUT2D eigenvalue weighted by molar-refractivity contribution is 4.05. The van der Waals surface area contributed by atoms with Gasteiger partial charge in [0.15, 0.2) is 0 Å². The van der Waals surface area contributed by atoms with Crippen molar-refractivity contribution in [3.05, 3.63) is 0 Å². The van der Waals surface area contributed by atoms with E-state index < -0.39 is 6.48 Å². The summed E-state index contributed by atoms with van der Waals surface area (Å²) in [6.45, 7) is 2.34. The average Bonchev–Trinajstić information content (AvgIpc) is 1.67. The van der Waals surface area contributed by atoms with Gasteiger partial charge in [-0.25, -0.2) is 0 Å². The lowest BCUT2D eigenvalue weighted by molar-refractivity contribution is -0.231. The minimum Gasteiger partial charge on any atom is -0.397 e. The van der Waals surface area contributed by atoms with Crippen LogP contribution in [0.1, 0.15) is 13.8 Å². The van der Waals surface area contributed by atoms with E-state index in [0.29, 0.717) is 6.61 Å². The molecule has 3 N–H and O–H groups in total. The van der Waals surface area contributed by atoms with Gasteiger partial charge in [-0.05, 0) is 13.8 Å². The number of aliphatic hydroxyl groups excluding tert-OH is 2. The molecule has 0 heterocycles.